The van der Waals surface area contributed by atoms with Crippen molar-refractivity contribution >= 4 is 23.5 Å². The lowest BCUT2D eigenvalue weighted by Crippen LogP contribution is -2.45. The van der Waals surface area contributed by atoms with E-state index in [0.29, 0.717) is 11.4 Å². The van der Waals surface area contributed by atoms with Gasteiger partial charge in [-0.15, -0.1) is 11.6 Å². The van der Waals surface area contributed by atoms with Gasteiger partial charge in [-0.2, -0.15) is 0 Å². The van der Waals surface area contributed by atoms with Gasteiger partial charge in [0.05, 0.1) is 7.11 Å². The van der Waals surface area contributed by atoms with Gasteiger partial charge in [-0.3, -0.25) is 4.79 Å². The van der Waals surface area contributed by atoms with Crippen LogP contribution >= 0.6 is 11.6 Å². The van der Waals surface area contributed by atoms with Gasteiger partial charge in [-0.1, -0.05) is 26.0 Å². The highest BCUT2D eigenvalue weighted by Crippen LogP contribution is 2.10. The number of esters is 1. The maximum absolute atomic E-state index is 12.1. The zero-order valence-electron chi connectivity index (χ0n) is 11.3. The number of hydrogen-bond acceptors (Lipinski definition) is 3. The van der Waals surface area contributed by atoms with Crippen molar-refractivity contribution in [3.8, 4) is 0 Å². The van der Waals surface area contributed by atoms with Crippen molar-refractivity contribution in [1.82, 2.24) is 5.32 Å². The molecule has 1 amide bonds. The highest BCUT2D eigenvalue weighted by atomic mass is 35.5. The molecule has 0 bridgehead atoms. The number of methoxy groups -OCH3 is 1. The molecule has 0 aromatic heterocycles. The molecule has 1 atom stereocenters. The van der Waals surface area contributed by atoms with E-state index in [1.165, 1.54) is 7.11 Å². The molecule has 5 heteroatoms. The molecule has 19 heavy (non-hydrogen) atoms. The molecule has 1 N–H and O–H groups in total. The molecular formula is C14H18ClNO3. The van der Waals surface area contributed by atoms with E-state index in [2.05, 4.69) is 10.1 Å². The summed E-state index contributed by atoms with van der Waals surface area (Å²) in [6.45, 7) is 3.69. The number of amides is 1. The largest absolute Gasteiger partial charge is 0.467 e. The van der Waals surface area contributed by atoms with E-state index in [1.807, 2.05) is 19.9 Å². The highest BCUT2D eigenvalue weighted by Gasteiger charge is 2.25. The van der Waals surface area contributed by atoms with E-state index in [9.17, 15) is 9.59 Å². The second-order valence-corrected chi connectivity index (χ2v) is 4.82. The highest BCUT2D eigenvalue weighted by molar-refractivity contribution is 6.17. The SMILES string of the molecule is COC(=O)C(NC(=O)c1cccc(CCl)c1)C(C)C. The van der Waals surface area contributed by atoms with Gasteiger partial charge in [0.25, 0.3) is 5.91 Å². The Morgan fingerprint density at radius 3 is 2.58 bits per heavy atom. The van der Waals surface area contributed by atoms with Crippen molar-refractivity contribution in [2.24, 2.45) is 5.92 Å². The number of alkyl halides is 1. The van der Waals surface area contributed by atoms with E-state index in [-0.39, 0.29) is 11.8 Å². The molecular weight excluding hydrogens is 266 g/mol. The van der Waals surface area contributed by atoms with Gasteiger partial charge in [-0.25, -0.2) is 4.79 Å². The molecule has 0 saturated heterocycles. The second kappa shape index (κ2) is 7.14. The van der Waals surface area contributed by atoms with E-state index in [1.54, 1.807) is 18.2 Å². The molecule has 0 aliphatic heterocycles. The van der Waals surface area contributed by atoms with E-state index in [0.717, 1.165) is 5.56 Å². The van der Waals surface area contributed by atoms with Crippen LogP contribution in [-0.2, 0) is 15.4 Å². The minimum absolute atomic E-state index is 0.0485. The van der Waals surface area contributed by atoms with Gasteiger partial charge in [0, 0.05) is 11.4 Å². The molecule has 104 valence electrons. The Bertz CT molecular complexity index is 460. The third kappa shape index (κ3) is 4.24. The molecule has 0 aliphatic rings. The lowest BCUT2D eigenvalue weighted by molar-refractivity contribution is -0.144. The number of halogens is 1. The van der Waals surface area contributed by atoms with Crippen molar-refractivity contribution in [2.45, 2.75) is 25.8 Å². The summed E-state index contributed by atoms with van der Waals surface area (Å²) in [5, 5.41) is 2.68. The molecule has 0 radical (unpaired) electrons. The second-order valence-electron chi connectivity index (χ2n) is 4.55. The maximum Gasteiger partial charge on any atom is 0.328 e. The minimum atomic E-state index is -0.655. The van der Waals surface area contributed by atoms with Crippen molar-refractivity contribution in [1.29, 1.82) is 0 Å². The zero-order chi connectivity index (χ0) is 14.4. The number of carbonyl (C=O) groups excluding carboxylic acids is 2. The van der Waals surface area contributed by atoms with Crippen LogP contribution in [0.3, 0.4) is 0 Å². The molecule has 4 nitrogen and oxygen atoms in total. The fourth-order valence-electron chi connectivity index (χ4n) is 1.64. The maximum atomic E-state index is 12.1. The van der Waals surface area contributed by atoms with Crippen LogP contribution in [0.25, 0.3) is 0 Å². The first-order valence-electron chi connectivity index (χ1n) is 6.03. The van der Waals surface area contributed by atoms with Gasteiger partial charge in [0.1, 0.15) is 6.04 Å². The van der Waals surface area contributed by atoms with Crippen LogP contribution in [0.2, 0.25) is 0 Å². The molecule has 0 aliphatic carbocycles. The standard InChI is InChI=1S/C14H18ClNO3/c1-9(2)12(14(18)19-3)16-13(17)11-6-4-5-10(7-11)8-15/h4-7,9,12H,8H2,1-3H3,(H,16,17). The summed E-state index contributed by atoms with van der Waals surface area (Å²) in [5.41, 5.74) is 1.33. The first kappa shape index (κ1) is 15.5. The summed E-state index contributed by atoms with van der Waals surface area (Å²) < 4.78 is 4.68. The molecule has 1 aromatic rings. The normalized spacial score (nSPS) is 12.1. The fraction of sp³-hybridized carbons (Fsp3) is 0.429. The van der Waals surface area contributed by atoms with Gasteiger partial charge >= 0.3 is 5.97 Å². The first-order valence-corrected chi connectivity index (χ1v) is 6.56. The van der Waals surface area contributed by atoms with Crippen LogP contribution in [0.15, 0.2) is 24.3 Å². The van der Waals surface area contributed by atoms with Gasteiger partial charge in [0.15, 0.2) is 0 Å². The number of hydrogen-bond donors (Lipinski definition) is 1. The predicted molar refractivity (Wildman–Crippen MR) is 74.1 cm³/mol. The summed E-state index contributed by atoms with van der Waals surface area (Å²) in [4.78, 5) is 23.7. The number of nitrogens with one attached hydrogen (secondary N) is 1. The van der Waals surface area contributed by atoms with E-state index < -0.39 is 12.0 Å². The summed E-state index contributed by atoms with van der Waals surface area (Å²) in [7, 11) is 1.30. The third-order valence-electron chi connectivity index (χ3n) is 2.75. The molecule has 0 saturated carbocycles. The van der Waals surface area contributed by atoms with Crippen LogP contribution in [0.1, 0.15) is 29.8 Å². The zero-order valence-corrected chi connectivity index (χ0v) is 12.0. The lowest BCUT2D eigenvalue weighted by Gasteiger charge is -2.19. The molecule has 0 spiro atoms. The molecule has 1 aromatic carbocycles. The summed E-state index contributed by atoms with van der Waals surface area (Å²) in [6, 6.07) is 6.33. The van der Waals surface area contributed by atoms with Crippen molar-refractivity contribution in [3.05, 3.63) is 35.4 Å². The Morgan fingerprint density at radius 1 is 1.37 bits per heavy atom. The summed E-state index contributed by atoms with van der Waals surface area (Å²) >= 11 is 5.73. The summed E-state index contributed by atoms with van der Waals surface area (Å²) in [6.07, 6.45) is 0. The van der Waals surface area contributed by atoms with Crippen molar-refractivity contribution in [3.63, 3.8) is 0 Å². The monoisotopic (exact) mass is 283 g/mol. The fourth-order valence-corrected chi connectivity index (χ4v) is 1.81. The van der Waals surface area contributed by atoms with Gasteiger partial charge < -0.3 is 10.1 Å². The Kier molecular flexibility index (Phi) is 5.83. The quantitative estimate of drug-likeness (QED) is 0.667. The van der Waals surface area contributed by atoms with Crippen LogP contribution in [0.4, 0.5) is 0 Å². The van der Waals surface area contributed by atoms with Crippen LogP contribution in [0, 0.1) is 5.92 Å². The van der Waals surface area contributed by atoms with Crippen LogP contribution in [-0.4, -0.2) is 25.0 Å². The average molecular weight is 284 g/mol. The minimum Gasteiger partial charge on any atom is -0.467 e. The number of carbonyl (C=O) groups is 2. The summed E-state index contributed by atoms with van der Waals surface area (Å²) in [5.74, 6) is -0.466. The molecule has 1 rings (SSSR count). The van der Waals surface area contributed by atoms with E-state index in [4.69, 9.17) is 11.6 Å². The third-order valence-corrected chi connectivity index (χ3v) is 3.06. The number of ether oxygens (including phenoxy) is 1. The first-order chi connectivity index (χ1) is 8.99. The van der Waals surface area contributed by atoms with Crippen LogP contribution in [0.5, 0.6) is 0 Å². The Morgan fingerprint density at radius 2 is 2.05 bits per heavy atom. The molecule has 0 fully saturated rings. The van der Waals surface area contributed by atoms with Crippen LogP contribution < -0.4 is 5.32 Å². The average Bonchev–Trinajstić information content (AvgIpc) is 2.43. The predicted octanol–water partition coefficient (Wildman–Crippen LogP) is 2.35. The molecule has 0 heterocycles. The Hall–Kier alpha value is -1.55. The topological polar surface area (TPSA) is 55.4 Å². The Balaban J connectivity index is 2.84. The van der Waals surface area contributed by atoms with Crippen molar-refractivity contribution < 1.29 is 14.3 Å². The number of rotatable bonds is 5. The Labute approximate surface area is 118 Å². The van der Waals surface area contributed by atoms with Crippen molar-refractivity contribution in [2.75, 3.05) is 7.11 Å². The van der Waals surface area contributed by atoms with Gasteiger partial charge in [0.2, 0.25) is 0 Å². The smallest absolute Gasteiger partial charge is 0.328 e. The molecule has 1 unspecified atom stereocenters. The van der Waals surface area contributed by atoms with Gasteiger partial charge in [-0.05, 0) is 23.6 Å². The lowest BCUT2D eigenvalue weighted by atomic mass is 10.0. The van der Waals surface area contributed by atoms with E-state index >= 15 is 0 Å². The number of benzene rings is 1.